The van der Waals surface area contributed by atoms with E-state index < -0.39 is 0 Å². The minimum atomic E-state index is -0.224. The van der Waals surface area contributed by atoms with Crippen molar-refractivity contribution in [3.8, 4) is 0 Å². The second-order valence-electron chi connectivity index (χ2n) is 8.67. The summed E-state index contributed by atoms with van der Waals surface area (Å²) in [5.41, 5.74) is 1.76. The third-order valence-corrected chi connectivity index (χ3v) is 7.87. The van der Waals surface area contributed by atoms with E-state index in [1.807, 2.05) is 24.3 Å². The summed E-state index contributed by atoms with van der Waals surface area (Å²) in [4.78, 5) is 40.3. The minimum Gasteiger partial charge on any atom is -0.322 e. The summed E-state index contributed by atoms with van der Waals surface area (Å²) in [6, 6.07) is 14.3. The van der Waals surface area contributed by atoms with Crippen molar-refractivity contribution in [3.63, 3.8) is 0 Å². The monoisotopic (exact) mass is 510 g/mol. The number of rotatable bonds is 3. The van der Waals surface area contributed by atoms with E-state index in [9.17, 15) is 14.4 Å². The fourth-order valence-corrected chi connectivity index (χ4v) is 6.07. The van der Waals surface area contributed by atoms with Gasteiger partial charge in [0, 0.05) is 14.8 Å². The van der Waals surface area contributed by atoms with Gasteiger partial charge in [0.1, 0.15) is 0 Å². The molecule has 0 aromatic heterocycles. The Morgan fingerprint density at radius 2 is 1.43 bits per heavy atom. The summed E-state index contributed by atoms with van der Waals surface area (Å²) in [5.74, 6) is 0.807. The summed E-state index contributed by atoms with van der Waals surface area (Å²) in [6.07, 6.45) is 5.50. The molecular formula is C24H19IN2O3. The van der Waals surface area contributed by atoms with Crippen LogP contribution in [0.15, 0.2) is 60.7 Å². The first-order valence-corrected chi connectivity index (χ1v) is 11.3. The summed E-state index contributed by atoms with van der Waals surface area (Å²) in [6.45, 7) is 0. The van der Waals surface area contributed by atoms with Crippen LogP contribution in [0, 0.1) is 39.1 Å². The maximum Gasteiger partial charge on any atom is 0.255 e. The second-order valence-corrected chi connectivity index (χ2v) is 9.92. The van der Waals surface area contributed by atoms with Crippen LogP contribution in [0.4, 0.5) is 11.4 Å². The lowest BCUT2D eigenvalue weighted by Gasteiger charge is -2.37. The van der Waals surface area contributed by atoms with E-state index in [0.29, 0.717) is 23.1 Å². The molecule has 3 fully saturated rings. The maximum atomic E-state index is 13.2. The highest BCUT2D eigenvalue weighted by atomic mass is 127. The van der Waals surface area contributed by atoms with Gasteiger partial charge in [-0.25, -0.2) is 0 Å². The number of allylic oxidation sites excluding steroid dienone is 2. The number of hydrogen-bond acceptors (Lipinski definition) is 3. The first-order chi connectivity index (χ1) is 14.5. The van der Waals surface area contributed by atoms with Gasteiger partial charge in [0.25, 0.3) is 5.91 Å². The van der Waals surface area contributed by atoms with Crippen LogP contribution in [0.3, 0.4) is 0 Å². The molecule has 2 bridgehead atoms. The van der Waals surface area contributed by atoms with Gasteiger partial charge in [0.05, 0.1) is 17.5 Å². The molecule has 6 unspecified atom stereocenters. The molecule has 5 aliphatic rings. The molecule has 150 valence electrons. The van der Waals surface area contributed by atoms with Crippen molar-refractivity contribution in [2.24, 2.45) is 35.5 Å². The zero-order chi connectivity index (χ0) is 20.6. The molecule has 2 aromatic rings. The topological polar surface area (TPSA) is 66.5 Å². The predicted octanol–water partition coefficient (Wildman–Crippen LogP) is 4.10. The molecule has 1 N–H and O–H groups in total. The molecule has 4 aliphatic carbocycles. The predicted molar refractivity (Wildman–Crippen MR) is 121 cm³/mol. The van der Waals surface area contributed by atoms with Gasteiger partial charge >= 0.3 is 0 Å². The average molecular weight is 510 g/mol. The van der Waals surface area contributed by atoms with Crippen LogP contribution in [-0.4, -0.2) is 17.7 Å². The van der Waals surface area contributed by atoms with E-state index in [1.54, 1.807) is 24.3 Å². The third-order valence-electron chi connectivity index (χ3n) is 7.15. The van der Waals surface area contributed by atoms with E-state index in [0.717, 1.165) is 15.7 Å². The first-order valence-electron chi connectivity index (χ1n) is 10.3. The Balaban J connectivity index is 1.23. The summed E-state index contributed by atoms with van der Waals surface area (Å²) >= 11 is 2.21. The molecule has 0 radical (unpaired) electrons. The first kappa shape index (κ1) is 18.3. The standard InChI is InChI=1S/C24H19IN2O3/c25-13-3-5-14(6-4-13)26-22(28)12-1-7-15(8-2-12)27-23(29)20-16-9-10-17(19-11-18(16)19)21(20)24(27)30/h1-10,16-21H,11H2,(H,26,28). The van der Waals surface area contributed by atoms with E-state index in [1.165, 1.54) is 4.90 Å². The number of amides is 3. The molecular weight excluding hydrogens is 491 g/mol. The number of benzene rings is 2. The number of carbonyl (C=O) groups is 3. The van der Waals surface area contributed by atoms with Crippen LogP contribution < -0.4 is 10.2 Å². The van der Waals surface area contributed by atoms with Crippen molar-refractivity contribution in [3.05, 3.63) is 69.8 Å². The van der Waals surface area contributed by atoms with Gasteiger partial charge < -0.3 is 5.32 Å². The average Bonchev–Trinajstić information content (AvgIpc) is 3.53. The lowest BCUT2D eigenvalue weighted by Crippen LogP contribution is -2.40. The largest absolute Gasteiger partial charge is 0.322 e. The molecule has 3 amide bonds. The maximum absolute atomic E-state index is 13.2. The number of hydrogen-bond donors (Lipinski definition) is 1. The van der Waals surface area contributed by atoms with Gasteiger partial charge in [0.2, 0.25) is 11.8 Å². The van der Waals surface area contributed by atoms with Crippen LogP contribution in [0.25, 0.3) is 0 Å². The molecule has 1 heterocycles. The third kappa shape index (κ3) is 2.62. The van der Waals surface area contributed by atoms with Crippen molar-refractivity contribution >= 4 is 51.7 Å². The van der Waals surface area contributed by atoms with Gasteiger partial charge in [-0.1, -0.05) is 12.2 Å². The van der Waals surface area contributed by atoms with Crippen LogP contribution in [0.5, 0.6) is 0 Å². The number of carbonyl (C=O) groups excluding carboxylic acids is 3. The zero-order valence-electron chi connectivity index (χ0n) is 16.0. The van der Waals surface area contributed by atoms with Crippen molar-refractivity contribution in [2.45, 2.75) is 6.42 Å². The molecule has 0 spiro atoms. The smallest absolute Gasteiger partial charge is 0.255 e. The number of halogens is 1. The van der Waals surface area contributed by atoms with E-state index in [4.69, 9.17) is 0 Å². The van der Waals surface area contributed by atoms with Crippen molar-refractivity contribution in [1.82, 2.24) is 0 Å². The fraction of sp³-hybridized carbons (Fsp3) is 0.292. The molecule has 6 heteroatoms. The molecule has 1 aliphatic heterocycles. The Kier molecular flexibility index (Phi) is 3.97. The number of nitrogens with one attached hydrogen (secondary N) is 1. The lowest BCUT2D eigenvalue weighted by molar-refractivity contribution is -0.124. The Bertz CT molecular complexity index is 1070. The summed E-state index contributed by atoms with van der Waals surface area (Å²) in [5, 5.41) is 2.86. The van der Waals surface area contributed by atoms with Gasteiger partial charge in [-0.05, 0) is 101 Å². The van der Waals surface area contributed by atoms with Gasteiger partial charge in [-0.2, -0.15) is 0 Å². The van der Waals surface area contributed by atoms with E-state index >= 15 is 0 Å². The van der Waals surface area contributed by atoms with Crippen molar-refractivity contribution in [2.75, 3.05) is 10.2 Å². The molecule has 7 rings (SSSR count). The molecule has 1 saturated heterocycles. The summed E-state index contributed by atoms with van der Waals surface area (Å²) < 4.78 is 1.09. The quantitative estimate of drug-likeness (QED) is 0.384. The Labute approximate surface area is 187 Å². The van der Waals surface area contributed by atoms with Crippen LogP contribution in [0.2, 0.25) is 0 Å². The van der Waals surface area contributed by atoms with E-state index in [2.05, 4.69) is 40.1 Å². The Morgan fingerprint density at radius 1 is 0.867 bits per heavy atom. The normalized spacial score (nSPS) is 32.8. The van der Waals surface area contributed by atoms with Crippen molar-refractivity contribution in [1.29, 1.82) is 0 Å². The fourth-order valence-electron chi connectivity index (χ4n) is 5.71. The van der Waals surface area contributed by atoms with Crippen molar-refractivity contribution < 1.29 is 14.4 Å². The van der Waals surface area contributed by atoms with Crippen LogP contribution in [0.1, 0.15) is 16.8 Å². The molecule has 30 heavy (non-hydrogen) atoms. The highest BCUT2D eigenvalue weighted by Crippen LogP contribution is 2.65. The number of imide groups is 1. The SMILES string of the molecule is O=C(Nc1ccc(I)cc1)c1ccc(N2C(=O)C3C4C=CC(C5CC45)C3C2=O)cc1. The van der Waals surface area contributed by atoms with Gasteiger partial charge in [0.15, 0.2) is 0 Å². The highest BCUT2D eigenvalue weighted by molar-refractivity contribution is 14.1. The van der Waals surface area contributed by atoms with Gasteiger partial charge in [-0.3, -0.25) is 19.3 Å². The lowest BCUT2D eigenvalue weighted by atomic mass is 9.63. The number of anilines is 2. The van der Waals surface area contributed by atoms with Crippen LogP contribution >= 0.6 is 22.6 Å². The highest BCUT2D eigenvalue weighted by Gasteiger charge is 2.67. The summed E-state index contributed by atoms with van der Waals surface area (Å²) in [7, 11) is 0. The molecule has 2 saturated carbocycles. The van der Waals surface area contributed by atoms with Gasteiger partial charge in [-0.15, -0.1) is 0 Å². The Morgan fingerprint density at radius 3 is 2.00 bits per heavy atom. The Hall–Kier alpha value is -2.48. The number of nitrogens with zero attached hydrogens (tertiary/aromatic N) is 1. The minimum absolute atomic E-state index is 0.0780. The van der Waals surface area contributed by atoms with Crippen LogP contribution in [-0.2, 0) is 9.59 Å². The van der Waals surface area contributed by atoms with E-state index in [-0.39, 0.29) is 41.4 Å². The second kappa shape index (κ2) is 6.51. The molecule has 6 atom stereocenters. The zero-order valence-corrected chi connectivity index (χ0v) is 18.2. The molecule has 5 nitrogen and oxygen atoms in total. The molecule has 2 aromatic carbocycles.